The van der Waals surface area contributed by atoms with Crippen LogP contribution in [0.5, 0.6) is 11.5 Å². The van der Waals surface area contributed by atoms with Crippen molar-refractivity contribution in [2.24, 2.45) is 0 Å². The summed E-state index contributed by atoms with van der Waals surface area (Å²) >= 11 is 4.07. The van der Waals surface area contributed by atoms with E-state index in [-0.39, 0.29) is 17.1 Å². The second-order valence-corrected chi connectivity index (χ2v) is 6.57. The van der Waals surface area contributed by atoms with Gasteiger partial charge in [-0.2, -0.15) is 12.6 Å². The van der Waals surface area contributed by atoms with Crippen LogP contribution in [0.15, 0.2) is 48.5 Å². The summed E-state index contributed by atoms with van der Waals surface area (Å²) < 4.78 is 11.0. The van der Waals surface area contributed by atoms with Gasteiger partial charge in [-0.25, -0.2) is 0 Å². The average Bonchev–Trinajstić information content (AvgIpc) is 2.61. The summed E-state index contributed by atoms with van der Waals surface area (Å²) in [6.45, 7) is 1.22. The third-order valence-electron chi connectivity index (χ3n) is 3.24. The first kappa shape index (κ1) is 18.6. The second-order valence-electron chi connectivity index (χ2n) is 5.04. The molecule has 0 saturated carbocycles. The van der Waals surface area contributed by atoms with Crippen LogP contribution in [-0.4, -0.2) is 39.6 Å². The van der Waals surface area contributed by atoms with Crippen molar-refractivity contribution in [1.82, 2.24) is 0 Å². The molecule has 24 heavy (non-hydrogen) atoms. The molecule has 2 aromatic carbocycles. The molecule has 0 aliphatic carbocycles. The van der Waals surface area contributed by atoms with Crippen molar-refractivity contribution in [2.75, 3.05) is 19.0 Å². The van der Waals surface area contributed by atoms with Gasteiger partial charge >= 0.3 is 0 Å². The molecule has 2 radical (unpaired) electrons. The van der Waals surface area contributed by atoms with Gasteiger partial charge < -0.3 is 14.3 Å². The monoisotopic (exact) mass is 360 g/mol. The molecular formula is C18H20O4SSi. The van der Waals surface area contributed by atoms with Crippen molar-refractivity contribution in [3.8, 4) is 11.5 Å². The number of hydrogen-bond donors (Lipinski definition) is 2. The third-order valence-corrected chi connectivity index (χ3v) is 4.39. The number of aromatic hydroxyl groups is 1. The van der Waals surface area contributed by atoms with Gasteiger partial charge in [-0.1, -0.05) is 30.3 Å². The van der Waals surface area contributed by atoms with Crippen LogP contribution < -0.4 is 4.74 Å². The number of benzene rings is 2. The lowest BCUT2D eigenvalue weighted by atomic mass is 10.0. The highest BCUT2D eigenvalue weighted by Gasteiger charge is 2.13. The van der Waals surface area contributed by atoms with Crippen molar-refractivity contribution in [3.05, 3.63) is 59.7 Å². The molecule has 0 bridgehead atoms. The molecule has 0 aliphatic heterocycles. The van der Waals surface area contributed by atoms with Crippen LogP contribution in [0.25, 0.3) is 0 Å². The molecule has 126 valence electrons. The van der Waals surface area contributed by atoms with Crippen LogP contribution in [-0.2, 0) is 4.43 Å². The van der Waals surface area contributed by atoms with Crippen LogP contribution in [0.3, 0.4) is 0 Å². The zero-order chi connectivity index (χ0) is 17.2. The van der Waals surface area contributed by atoms with E-state index in [2.05, 4.69) is 12.6 Å². The van der Waals surface area contributed by atoms with Crippen molar-refractivity contribution in [1.29, 1.82) is 0 Å². The van der Waals surface area contributed by atoms with Crippen molar-refractivity contribution < 1.29 is 19.1 Å². The lowest BCUT2D eigenvalue weighted by Gasteiger charge is -2.09. The van der Waals surface area contributed by atoms with Crippen LogP contribution >= 0.6 is 12.6 Å². The normalized spacial score (nSPS) is 10.5. The van der Waals surface area contributed by atoms with Gasteiger partial charge in [0.25, 0.3) is 0 Å². The Morgan fingerprint density at radius 3 is 2.62 bits per heavy atom. The van der Waals surface area contributed by atoms with Gasteiger partial charge in [-0.15, -0.1) is 0 Å². The number of carbonyl (C=O) groups is 1. The van der Waals surface area contributed by atoms with E-state index in [4.69, 9.17) is 9.16 Å². The minimum Gasteiger partial charge on any atom is -0.507 e. The number of phenols is 1. The number of ether oxygens (including phenoxy) is 1. The minimum atomic E-state index is -0.206. The fourth-order valence-corrected chi connectivity index (χ4v) is 3.01. The highest BCUT2D eigenvalue weighted by Crippen LogP contribution is 2.26. The van der Waals surface area contributed by atoms with E-state index < -0.39 is 0 Å². The van der Waals surface area contributed by atoms with Gasteiger partial charge in [-0.3, -0.25) is 4.79 Å². The molecule has 0 saturated heterocycles. The van der Waals surface area contributed by atoms with E-state index in [0.717, 1.165) is 18.2 Å². The lowest BCUT2D eigenvalue weighted by molar-refractivity contribution is 0.103. The van der Waals surface area contributed by atoms with E-state index in [9.17, 15) is 9.90 Å². The van der Waals surface area contributed by atoms with Gasteiger partial charge in [0.2, 0.25) is 9.76 Å². The second kappa shape index (κ2) is 10.2. The van der Waals surface area contributed by atoms with Gasteiger partial charge in [0.15, 0.2) is 5.78 Å². The zero-order valence-electron chi connectivity index (χ0n) is 13.3. The maximum atomic E-state index is 12.3. The molecule has 0 unspecified atom stereocenters. The van der Waals surface area contributed by atoms with Gasteiger partial charge in [0.05, 0.1) is 12.2 Å². The number of rotatable bonds is 10. The summed E-state index contributed by atoms with van der Waals surface area (Å²) in [5.74, 6) is 1.01. The quantitative estimate of drug-likeness (QED) is 0.295. The van der Waals surface area contributed by atoms with Gasteiger partial charge in [-0.05, 0) is 24.6 Å². The van der Waals surface area contributed by atoms with Gasteiger partial charge in [0.1, 0.15) is 11.5 Å². The van der Waals surface area contributed by atoms with E-state index in [1.54, 1.807) is 36.4 Å². The highest BCUT2D eigenvalue weighted by molar-refractivity contribution is 7.80. The molecule has 0 atom stereocenters. The summed E-state index contributed by atoms with van der Waals surface area (Å²) in [5.41, 5.74) is 0.818. The fourth-order valence-electron chi connectivity index (χ4n) is 2.06. The average molecular weight is 361 g/mol. The van der Waals surface area contributed by atoms with Crippen molar-refractivity contribution in [2.45, 2.75) is 12.5 Å². The Hall–Kier alpha value is -1.76. The van der Waals surface area contributed by atoms with Crippen molar-refractivity contribution in [3.63, 3.8) is 0 Å². The van der Waals surface area contributed by atoms with Gasteiger partial charge in [0, 0.05) is 24.0 Å². The Morgan fingerprint density at radius 1 is 1.12 bits per heavy atom. The predicted octanol–water partition coefficient (Wildman–Crippen LogP) is 3.38. The molecule has 0 heterocycles. The SMILES string of the molecule is O=C(c1ccccc1)c1ccc(OCCC[Si]OCCS)cc1O. The molecule has 4 nitrogen and oxygen atoms in total. The standard InChI is InChI=1S/C18H20O4SSi/c19-17-13-15(21-9-4-12-24-22-10-11-23)7-8-16(17)18(20)14-5-2-1-3-6-14/h1-3,5-8,13,19,23H,4,9-12H2. The maximum Gasteiger partial charge on any atom is 0.229 e. The van der Waals surface area contributed by atoms with E-state index >= 15 is 0 Å². The smallest absolute Gasteiger partial charge is 0.229 e. The molecule has 0 spiro atoms. The van der Waals surface area contributed by atoms with Crippen LogP contribution in [0.4, 0.5) is 0 Å². The molecule has 0 fully saturated rings. The Bertz CT molecular complexity index is 649. The maximum absolute atomic E-state index is 12.3. The van der Waals surface area contributed by atoms with Crippen molar-refractivity contribution >= 4 is 28.2 Å². The largest absolute Gasteiger partial charge is 0.507 e. The zero-order valence-corrected chi connectivity index (χ0v) is 15.2. The van der Waals surface area contributed by atoms with Crippen LogP contribution in [0.2, 0.25) is 6.04 Å². The Kier molecular flexibility index (Phi) is 7.87. The number of thiol groups is 1. The lowest BCUT2D eigenvalue weighted by Crippen LogP contribution is -2.05. The predicted molar refractivity (Wildman–Crippen MR) is 98.5 cm³/mol. The minimum absolute atomic E-state index is 0.0691. The van der Waals surface area contributed by atoms with E-state index in [1.807, 2.05) is 6.07 Å². The summed E-state index contributed by atoms with van der Waals surface area (Å²) in [6, 6.07) is 14.6. The van der Waals surface area contributed by atoms with Crippen LogP contribution in [0, 0.1) is 0 Å². The molecule has 2 rings (SSSR count). The fraction of sp³-hybridized carbons (Fsp3) is 0.278. The molecular weight excluding hydrogens is 340 g/mol. The van der Waals surface area contributed by atoms with E-state index in [0.29, 0.717) is 34.3 Å². The molecule has 1 N–H and O–H groups in total. The summed E-state index contributed by atoms with van der Waals surface area (Å²) in [4.78, 5) is 12.3. The first-order valence-corrected chi connectivity index (χ1v) is 9.48. The first-order chi connectivity index (χ1) is 11.7. The number of phenolic OH excluding ortho intramolecular Hbond substituents is 1. The Morgan fingerprint density at radius 2 is 1.92 bits per heavy atom. The first-order valence-electron chi connectivity index (χ1n) is 7.73. The van der Waals surface area contributed by atoms with E-state index in [1.165, 1.54) is 6.07 Å². The molecule has 2 aromatic rings. The topological polar surface area (TPSA) is 55.8 Å². The third kappa shape index (κ3) is 5.70. The number of hydrogen-bond acceptors (Lipinski definition) is 5. The molecule has 6 heteroatoms. The molecule has 0 aliphatic rings. The Balaban J connectivity index is 1.85. The molecule has 0 aromatic heterocycles. The summed E-state index contributed by atoms with van der Waals surface area (Å²) in [6.07, 6.45) is 0.872. The highest BCUT2D eigenvalue weighted by atomic mass is 32.1. The number of carbonyl (C=O) groups excluding carboxylic acids is 1. The number of ketones is 1. The Labute approximate surface area is 150 Å². The summed E-state index contributed by atoms with van der Waals surface area (Å²) in [7, 11) is 0.460. The van der Waals surface area contributed by atoms with Crippen LogP contribution in [0.1, 0.15) is 22.3 Å². The summed E-state index contributed by atoms with van der Waals surface area (Å²) in [5, 5.41) is 10.1. The molecule has 0 amide bonds.